The average molecular weight is 286 g/mol. The van der Waals surface area contributed by atoms with Gasteiger partial charge in [-0.15, -0.1) is 0 Å². The number of benzene rings is 1. The fraction of sp³-hybridized carbons (Fsp3) is 0.684. The topological polar surface area (TPSA) is 15.3 Å². The van der Waals surface area contributed by atoms with Gasteiger partial charge in [0.1, 0.15) is 0 Å². The lowest BCUT2D eigenvalue weighted by molar-refractivity contribution is 0.0236. The van der Waals surface area contributed by atoms with Gasteiger partial charge >= 0.3 is 0 Å². The Kier molecular flexibility index (Phi) is 4.11. The van der Waals surface area contributed by atoms with Crippen molar-refractivity contribution in [2.75, 3.05) is 19.6 Å². The van der Waals surface area contributed by atoms with Gasteiger partial charge in [0.05, 0.1) is 0 Å². The van der Waals surface area contributed by atoms with Gasteiger partial charge in [-0.1, -0.05) is 30.3 Å². The summed E-state index contributed by atoms with van der Waals surface area (Å²) in [5.41, 5.74) is 2.10. The van der Waals surface area contributed by atoms with Gasteiger partial charge < -0.3 is 5.32 Å². The van der Waals surface area contributed by atoms with Crippen LogP contribution in [0, 0.1) is 5.92 Å². The number of nitrogens with one attached hydrogen (secondary N) is 1. The van der Waals surface area contributed by atoms with Gasteiger partial charge in [-0.05, 0) is 64.5 Å². The second-order valence-corrected chi connectivity index (χ2v) is 7.87. The zero-order valence-electron chi connectivity index (χ0n) is 13.9. The van der Waals surface area contributed by atoms with E-state index >= 15 is 0 Å². The number of hydrogen-bond acceptors (Lipinski definition) is 2. The highest BCUT2D eigenvalue weighted by atomic mass is 15.3. The third-order valence-corrected chi connectivity index (χ3v) is 5.51. The summed E-state index contributed by atoms with van der Waals surface area (Å²) in [6.45, 7) is 10.7. The van der Waals surface area contributed by atoms with Gasteiger partial charge in [0.2, 0.25) is 0 Å². The Morgan fingerprint density at radius 1 is 1.14 bits per heavy atom. The van der Waals surface area contributed by atoms with E-state index in [1.54, 1.807) is 0 Å². The lowest BCUT2D eigenvalue weighted by Gasteiger charge is -2.51. The molecule has 1 unspecified atom stereocenters. The van der Waals surface area contributed by atoms with E-state index in [4.69, 9.17) is 0 Å². The van der Waals surface area contributed by atoms with Crippen molar-refractivity contribution in [2.45, 2.75) is 57.5 Å². The van der Waals surface area contributed by atoms with Crippen molar-refractivity contribution in [3.05, 3.63) is 35.9 Å². The Balaban J connectivity index is 1.56. The molecular formula is C19H30N2. The summed E-state index contributed by atoms with van der Waals surface area (Å²) in [6, 6.07) is 10.9. The maximum absolute atomic E-state index is 3.84. The highest BCUT2D eigenvalue weighted by molar-refractivity contribution is 5.14. The van der Waals surface area contributed by atoms with Crippen LogP contribution >= 0.6 is 0 Å². The standard InChI is InChI=1S/C19H30N2/c1-18(2)14-20-19(3,17-11-12-17)15-21(18)13-7-10-16-8-5-4-6-9-16/h4-6,8-9,17,20H,7,10-15H2,1-3H3. The third kappa shape index (κ3) is 3.49. The zero-order valence-corrected chi connectivity index (χ0v) is 13.9. The molecule has 0 bridgehead atoms. The molecule has 1 aromatic carbocycles. The number of rotatable bonds is 5. The van der Waals surface area contributed by atoms with E-state index in [0.29, 0.717) is 5.54 Å². The molecule has 2 nitrogen and oxygen atoms in total. The van der Waals surface area contributed by atoms with Crippen LogP contribution in [0.5, 0.6) is 0 Å². The highest BCUT2D eigenvalue weighted by Crippen LogP contribution is 2.42. The predicted octanol–water partition coefficient (Wildman–Crippen LogP) is 3.47. The van der Waals surface area contributed by atoms with Crippen LogP contribution in [0.25, 0.3) is 0 Å². The molecule has 2 aliphatic rings. The lowest BCUT2D eigenvalue weighted by atomic mass is 9.86. The van der Waals surface area contributed by atoms with Crippen molar-refractivity contribution in [1.29, 1.82) is 0 Å². The maximum atomic E-state index is 3.84. The minimum atomic E-state index is 0.283. The van der Waals surface area contributed by atoms with Crippen LogP contribution < -0.4 is 5.32 Å². The number of nitrogens with zero attached hydrogens (tertiary/aromatic N) is 1. The fourth-order valence-corrected chi connectivity index (χ4v) is 3.69. The largest absolute Gasteiger partial charge is 0.308 e. The molecule has 1 saturated carbocycles. The fourth-order valence-electron chi connectivity index (χ4n) is 3.69. The first-order valence-corrected chi connectivity index (χ1v) is 8.54. The minimum Gasteiger partial charge on any atom is -0.308 e. The van der Waals surface area contributed by atoms with E-state index in [1.165, 1.54) is 44.3 Å². The number of piperazine rings is 1. The van der Waals surface area contributed by atoms with Gasteiger partial charge in [-0.3, -0.25) is 4.90 Å². The Labute approximate surface area is 129 Å². The zero-order chi connectivity index (χ0) is 14.9. The summed E-state index contributed by atoms with van der Waals surface area (Å²) >= 11 is 0. The van der Waals surface area contributed by atoms with Crippen molar-refractivity contribution in [3.8, 4) is 0 Å². The van der Waals surface area contributed by atoms with E-state index in [-0.39, 0.29) is 5.54 Å². The maximum Gasteiger partial charge on any atom is 0.0309 e. The summed E-state index contributed by atoms with van der Waals surface area (Å²) in [5, 5.41) is 3.84. The number of hydrogen-bond donors (Lipinski definition) is 1. The lowest BCUT2D eigenvalue weighted by Crippen LogP contribution is -2.68. The van der Waals surface area contributed by atoms with Crippen LogP contribution in [-0.4, -0.2) is 35.6 Å². The Bertz CT molecular complexity index is 464. The molecule has 0 amide bonds. The van der Waals surface area contributed by atoms with E-state index in [1.807, 2.05) is 0 Å². The summed E-state index contributed by atoms with van der Waals surface area (Å²) in [4.78, 5) is 2.73. The molecule has 0 spiro atoms. The van der Waals surface area contributed by atoms with E-state index in [0.717, 1.165) is 12.5 Å². The Morgan fingerprint density at radius 3 is 2.52 bits per heavy atom. The molecule has 1 aliphatic carbocycles. The molecule has 3 rings (SSSR count). The van der Waals surface area contributed by atoms with Crippen LogP contribution in [-0.2, 0) is 6.42 Å². The van der Waals surface area contributed by atoms with Crippen molar-refractivity contribution < 1.29 is 0 Å². The summed E-state index contributed by atoms with van der Waals surface area (Å²) < 4.78 is 0. The van der Waals surface area contributed by atoms with Crippen LogP contribution in [0.4, 0.5) is 0 Å². The minimum absolute atomic E-state index is 0.283. The average Bonchev–Trinajstić information content (AvgIpc) is 3.29. The first-order chi connectivity index (χ1) is 10.00. The number of aryl methyl sites for hydroxylation is 1. The summed E-state index contributed by atoms with van der Waals surface area (Å²) in [5.74, 6) is 0.908. The third-order valence-electron chi connectivity index (χ3n) is 5.51. The van der Waals surface area contributed by atoms with Crippen LogP contribution in [0.2, 0.25) is 0 Å². The van der Waals surface area contributed by atoms with Gasteiger partial charge in [0.15, 0.2) is 0 Å². The molecule has 1 heterocycles. The van der Waals surface area contributed by atoms with Crippen molar-refractivity contribution >= 4 is 0 Å². The normalized spacial score (nSPS) is 29.5. The molecule has 116 valence electrons. The molecule has 0 aromatic heterocycles. The van der Waals surface area contributed by atoms with Crippen molar-refractivity contribution in [1.82, 2.24) is 10.2 Å². The second-order valence-electron chi connectivity index (χ2n) is 7.87. The molecule has 1 aliphatic heterocycles. The highest BCUT2D eigenvalue weighted by Gasteiger charge is 2.47. The molecule has 21 heavy (non-hydrogen) atoms. The van der Waals surface area contributed by atoms with Gasteiger partial charge in [0, 0.05) is 24.2 Å². The molecule has 1 atom stereocenters. The van der Waals surface area contributed by atoms with E-state index in [9.17, 15) is 0 Å². The summed E-state index contributed by atoms with van der Waals surface area (Å²) in [7, 11) is 0. The van der Waals surface area contributed by atoms with Crippen molar-refractivity contribution in [3.63, 3.8) is 0 Å². The molecule has 1 aromatic rings. The molecule has 1 saturated heterocycles. The molecule has 2 fully saturated rings. The quantitative estimate of drug-likeness (QED) is 0.891. The predicted molar refractivity (Wildman–Crippen MR) is 89.5 cm³/mol. The van der Waals surface area contributed by atoms with Gasteiger partial charge in [0.25, 0.3) is 0 Å². The van der Waals surface area contributed by atoms with Crippen molar-refractivity contribution in [2.24, 2.45) is 5.92 Å². The molecule has 2 heteroatoms. The molecular weight excluding hydrogens is 256 g/mol. The van der Waals surface area contributed by atoms with Crippen LogP contribution in [0.15, 0.2) is 30.3 Å². The molecule has 0 radical (unpaired) electrons. The molecule has 1 N–H and O–H groups in total. The van der Waals surface area contributed by atoms with Crippen LogP contribution in [0.1, 0.15) is 45.6 Å². The Hall–Kier alpha value is -0.860. The first-order valence-electron chi connectivity index (χ1n) is 8.54. The SMILES string of the molecule is CC1(C2CC2)CN(CCCc2ccccc2)C(C)(C)CN1. The summed E-state index contributed by atoms with van der Waals surface area (Å²) in [6.07, 6.45) is 5.29. The van der Waals surface area contributed by atoms with E-state index < -0.39 is 0 Å². The van der Waals surface area contributed by atoms with E-state index in [2.05, 4.69) is 61.3 Å². The smallest absolute Gasteiger partial charge is 0.0309 e. The Morgan fingerprint density at radius 2 is 1.86 bits per heavy atom. The first kappa shape index (κ1) is 15.1. The second kappa shape index (κ2) is 5.73. The van der Waals surface area contributed by atoms with Crippen LogP contribution in [0.3, 0.4) is 0 Å². The monoisotopic (exact) mass is 286 g/mol. The van der Waals surface area contributed by atoms with Gasteiger partial charge in [-0.25, -0.2) is 0 Å². The van der Waals surface area contributed by atoms with Gasteiger partial charge in [-0.2, -0.15) is 0 Å².